The number of methoxy groups -OCH3 is 1. The number of ether oxygens (including phenoxy) is 1. The van der Waals surface area contributed by atoms with E-state index in [0.29, 0.717) is 24.6 Å². The van der Waals surface area contributed by atoms with Gasteiger partial charge in [0.15, 0.2) is 0 Å². The normalized spacial score (nSPS) is 17.0. The largest absolute Gasteiger partial charge is 0.497 e. The summed E-state index contributed by atoms with van der Waals surface area (Å²) >= 11 is 0. The standard InChI is InChI=1S/C17H19N3O4/c1-23-14-5-2-4-13(9-14)20-11-12(8-16(20)21)19-17(22)18-10-15-6-3-7-24-15/h2-7,9,12H,8,10-11H2,1H3,(H2,18,19,22)/t12-/m1/s1. The van der Waals surface area contributed by atoms with Gasteiger partial charge in [0.05, 0.1) is 26.0 Å². The van der Waals surface area contributed by atoms with Crippen molar-refractivity contribution in [2.75, 3.05) is 18.6 Å². The highest BCUT2D eigenvalue weighted by atomic mass is 16.5. The van der Waals surface area contributed by atoms with Crippen molar-refractivity contribution in [2.24, 2.45) is 0 Å². The fraction of sp³-hybridized carbons (Fsp3) is 0.294. The summed E-state index contributed by atoms with van der Waals surface area (Å²) < 4.78 is 10.3. The van der Waals surface area contributed by atoms with Gasteiger partial charge in [-0.2, -0.15) is 0 Å². The van der Waals surface area contributed by atoms with Crippen molar-refractivity contribution >= 4 is 17.6 Å². The zero-order valence-corrected chi connectivity index (χ0v) is 13.3. The molecule has 2 aromatic rings. The second-order valence-corrected chi connectivity index (χ2v) is 5.51. The molecule has 7 nitrogen and oxygen atoms in total. The molecule has 2 heterocycles. The Labute approximate surface area is 139 Å². The molecule has 1 saturated heterocycles. The average molecular weight is 329 g/mol. The topological polar surface area (TPSA) is 83.8 Å². The number of carbonyl (C=O) groups excluding carboxylic acids is 2. The van der Waals surface area contributed by atoms with E-state index in [-0.39, 0.29) is 24.4 Å². The molecule has 0 unspecified atom stereocenters. The van der Waals surface area contributed by atoms with Gasteiger partial charge < -0.3 is 24.7 Å². The van der Waals surface area contributed by atoms with E-state index < -0.39 is 0 Å². The van der Waals surface area contributed by atoms with Crippen LogP contribution in [0.25, 0.3) is 0 Å². The minimum absolute atomic E-state index is 0.0282. The second-order valence-electron chi connectivity index (χ2n) is 5.51. The molecule has 1 aliphatic rings. The predicted octanol–water partition coefficient (Wildman–Crippen LogP) is 1.89. The van der Waals surface area contributed by atoms with Crippen LogP contribution in [0, 0.1) is 0 Å². The lowest BCUT2D eigenvalue weighted by Gasteiger charge is -2.18. The van der Waals surface area contributed by atoms with Gasteiger partial charge >= 0.3 is 6.03 Å². The maximum absolute atomic E-state index is 12.2. The molecule has 0 aliphatic carbocycles. The monoisotopic (exact) mass is 329 g/mol. The zero-order chi connectivity index (χ0) is 16.9. The van der Waals surface area contributed by atoms with Gasteiger partial charge in [0.1, 0.15) is 11.5 Å². The van der Waals surface area contributed by atoms with Crippen molar-refractivity contribution in [2.45, 2.75) is 19.0 Å². The van der Waals surface area contributed by atoms with Gasteiger partial charge in [-0.1, -0.05) is 6.07 Å². The highest BCUT2D eigenvalue weighted by Crippen LogP contribution is 2.25. The molecule has 1 aromatic carbocycles. The highest BCUT2D eigenvalue weighted by molar-refractivity contribution is 5.97. The third-order valence-electron chi connectivity index (χ3n) is 3.83. The van der Waals surface area contributed by atoms with Crippen LogP contribution in [0.4, 0.5) is 10.5 Å². The molecule has 24 heavy (non-hydrogen) atoms. The van der Waals surface area contributed by atoms with E-state index in [4.69, 9.17) is 9.15 Å². The van der Waals surface area contributed by atoms with E-state index in [1.54, 1.807) is 36.5 Å². The molecule has 1 atom stereocenters. The van der Waals surface area contributed by atoms with E-state index in [0.717, 1.165) is 5.69 Å². The minimum Gasteiger partial charge on any atom is -0.497 e. The number of hydrogen-bond acceptors (Lipinski definition) is 4. The first-order valence-corrected chi connectivity index (χ1v) is 7.67. The van der Waals surface area contributed by atoms with Crippen LogP contribution in [0.3, 0.4) is 0 Å². The number of nitrogens with zero attached hydrogens (tertiary/aromatic N) is 1. The number of benzene rings is 1. The molecule has 2 N–H and O–H groups in total. The summed E-state index contributed by atoms with van der Waals surface area (Å²) in [5.41, 5.74) is 0.764. The molecule has 1 aliphatic heterocycles. The Kier molecular flexibility index (Phi) is 4.69. The molecular formula is C17H19N3O4. The molecule has 126 valence electrons. The van der Waals surface area contributed by atoms with E-state index >= 15 is 0 Å². The number of rotatable bonds is 5. The lowest BCUT2D eigenvalue weighted by Crippen LogP contribution is -2.43. The maximum atomic E-state index is 12.2. The van der Waals surface area contributed by atoms with Crippen LogP contribution in [-0.4, -0.2) is 31.6 Å². The number of anilines is 1. The molecule has 0 saturated carbocycles. The van der Waals surface area contributed by atoms with Crippen molar-refractivity contribution in [3.8, 4) is 5.75 Å². The van der Waals surface area contributed by atoms with Gasteiger partial charge in [-0.3, -0.25) is 4.79 Å². The van der Waals surface area contributed by atoms with Crippen molar-refractivity contribution in [1.29, 1.82) is 0 Å². The molecule has 3 rings (SSSR count). The molecule has 3 amide bonds. The third-order valence-corrected chi connectivity index (χ3v) is 3.83. The van der Waals surface area contributed by atoms with Crippen molar-refractivity contribution in [1.82, 2.24) is 10.6 Å². The van der Waals surface area contributed by atoms with Crippen molar-refractivity contribution < 1.29 is 18.7 Å². The summed E-state index contributed by atoms with van der Waals surface area (Å²) in [7, 11) is 1.58. The van der Waals surface area contributed by atoms with Gasteiger partial charge in [-0.05, 0) is 24.3 Å². The van der Waals surface area contributed by atoms with Gasteiger partial charge in [0.25, 0.3) is 0 Å². The lowest BCUT2D eigenvalue weighted by atomic mass is 10.2. The van der Waals surface area contributed by atoms with Crippen LogP contribution in [-0.2, 0) is 11.3 Å². The first-order chi connectivity index (χ1) is 11.7. The number of carbonyl (C=O) groups is 2. The quantitative estimate of drug-likeness (QED) is 0.877. The first kappa shape index (κ1) is 15.9. The molecule has 0 bridgehead atoms. The number of hydrogen-bond donors (Lipinski definition) is 2. The average Bonchev–Trinajstić information content (AvgIpc) is 3.22. The second kappa shape index (κ2) is 7.08. The minimum atomic E-state index is -0.323. The van der Waals surface area contributed by atoms with Gasteiger partial charge in [-0.25, -0.2) is 4.79 Å². The Morgan fingerprint density at radius 2 is 2.25 bits per heavy atom. The van der Waals surface area contributed by atoms with Crippen LogP contribution >= 0.6 is 0 Å². The van der Waals surface area contributed by atoms with Gasteiger partial charge in [-0.15, -0.1) is 0 Å². The number of urea groups is 1. The molecule has 1 aromatic heterocycles. The lowest BCUT2D eigenvalue weighted by molar-refractivity contribution is -0.117. The van der Waals surface area contributed by atoms with Crippen LogP contribution in [0.5, 0.6) is 5.75 Å². The van der Waals surface area contributed by atoms with Crippen LogP contribution in [0.1, 0.15) is 12.2 Å². The van der Waals surface area contributed by atoms with E-state index in [9.17, 15) is 9.59 Å². The molecule has 0 spiro atoms. The van der Waals surface area contributed by atoms with Gasteiger partial charge in [0, 0.05) is 24.7 Å². The van der Waals surface area contributed by atoms with Gasteiger partial charge in [0.2, 0.25) is 5.91 Å². The van der Waals surface area contributed by atoms with Crippen LogP contribution in [0.2, 0.25) is 0 Å². The summed E-state index contributed by atoms with van der Waals surface area (Å²) in [5, 5.41) is 5.52. The summed E-state index contributed by atoms with van der Waals surface area (Å²) in [5.74, 6) is 1.33. The van der Waals surface area contributed by atoms with Crippen molar-refractivity contribution in [3.05, 3.63) is 48.4 Å². The van der Waals surface area contributed by atoms with E-state index in [2.05, 4.69) is 10.6 Å². The number of furan rings is 1. The van der Waals surface area contributed by atoms with E-state index in [1.807, 2.05) is 18.2 Å². The number of nitrogens with one attached hydrogen (secondary N) is 2. The Morgan fingerprint density at radius 3 is 3.00 bits per heavy atom. The number of amides is 3. The fourth-order valence-electron chi connectivity index (χ4n) is 2.65. The smallest absolute Gasteiger partial charge is 0.315 e. The molecule has 1 fully saturated rings. The predicted molar refractivity (Wildman–Crippen MR) is 87.8 cm³/mol. The maximum Gasteiger partial charge on any atom is 0.315 e. The highest BCUT2D eigenvalue weighted by Gasteiger charge is 2.31. The summed E-state index contributed by atoms with van der Waals surface area (Å²) in [6, 6.07) is 10.3. The molecule has 0 radical (unpaired) electrons. The fourth-order valence-corrected chi connectivity index (χ4v) is 2.65. The Bertz CT molecular complexity index is 714. The Hall–Kier alpha value is -2.96. The van der Waals surface area contributed by atoms with Crippen LogP contribution in [0.15, 0.2) is 47.1 Å². The van der Waals surface area contributed by atoms with Crippen LogP contribution < -0.4 is 20.3 Å². The molecule has 7 heteroatoms. The third kappa shape index (κ3) is 3.68. The summed E-state index contributed by atoms with van der Waals surface area (Å²) in [4.78, 5) is 25.8. The Morgan fingerprint density at radius 1 is 1.38 bits per heavy atom. The summed E-state index contributed by atoms with van der Waals surface area (Å²) in [6.45, 7) is 0.735. The zero-order valence-electron chi connectivity index (χ0n) is 13.3. The molecular weight excluding hydrogens is 310 g/mol. The Balaban J connectivity index is 1.55. The van der Waals surface area contributed by atoms with E-state index in [1.165, 1.54) is 0 Å². The SMILES string of the molecule is COc1cccc(N2C[C@H](NC(=O)NCc3ccco3)CC2=O)c1. The van der Waals surface area contributed by atoms with Crippen molar-refractivity contribution in [3.63, 3.8) is 0 Å². The summed E-state index contributed by atoms with van der Waals surface area (Å²) in [6.07, 6.45) is 1.82. The first-order valence-electron chi connectivity index (χ1n) is 7.67.